The average Bonchev–Trinajstić information content (AvgIpc) is 2.29. The molecule has 0 saturated carbocycles. The lowest BCUT2D eigenvalue weighted by molar-refractivity contribution is -0.116. The van der Waals surface area contributed by atoms with Gasteiger partial charge in [0.2, 0.25) is 5.91 Å². The average molecular weight is 231 g/mol. The molecule has 0 unspecified atom stereocenters. The number of rotatable bonds is 5. The summed E-state index contributed by atoms with van der Waals surface area (Å²) in [7, 11) is 3.97. The fourth-order valence-corrected chi connectivity index (χ4v) is 1.41. The van der Waals surface area contributed by atoms with Crippen LogP contribution in [0, 0.1) is 11.3 Å². The number of anilines is 1. The van der Waals surface area contributed by atoms with E-state index in [1.54, 1.807) is 24.3 Å². The highest BCUT2D eigenvalue weighted by atomic mass is 16.1. The molecule has 0 spiro atoms. The summed E-state index contributed by atoms with van der Waals surface area (Å²) >= 11 is 0. The van der Waals surface area contributed by atoms with E-state index in [0.29, 0.717) is 12.0 Å². The molecule has 17 heavy (non-hydrogen) atoms. The van der Waals surface area contributed by atoms with Crippen molar-refractivity contribution in [2.45, 2.75) is 12.8 Å². The minimum absolute atomic E-state index is 0.0107. The van der Waals surface area contributed by atoms with E-state index in [4.69, 9.17) is 5.26 Å². The molecule has 1 amide bonds. The molecule has 4 nitrogen and oxygen atoms in total. The molecule has 0 radical (unpaired) electrons. The van der Waals surface area contributed by atoms with Crippen LogP contribution in [0.4, 0.5) is 5.69 Å². The quantitative estimate of drug-likeness (QED) is 0.841. The lowest BCUT2D eigenvalue weighted by atomic mass is 10.2. The molecular weight excluding hydrogens is 214 g/mol. The maximum atomic E-state index is 11.6. The maximum absolute atomic E-state index is 11.6. The van der Waals surface area contributed by atoms with Gasteiger partial charge in [0.05, 0.1) is 11.6 Å². The number of nitrogens with zero attached hydrogens (tertiary/aromatic N) is 2. The second kappa shape index (κ2) is 6.66. The molecule has 0 saturated heterocycles. The Morgan fingerprint density at radius 2 is 2.00 bits per heavy atom. The fraction of sp³-hybridized carbons (Fsp3) is 0.385. The highest BCUT2D eigenvalue weighted by Gasteiger charge is 2.02. The van der Waals surface area contributed by atoms with Gasteiger partial charge in [0.25, 0.3) is 0 Å². The van der Waals surface area contributed by atoms with Gasteiger partial charge in [-0.25, -0.2) is 0 Å². The minimum Gasteiger partial charge on any atom is -0.326 e. The molecule has 0 atom stereocenters. The van der Waals surface area contributed by atoms with Gasteiger partial charge in [-0.15, -0.1) is 0 Å². The standard InChI is InChI=1S/C13H17N3O/c1-16(2)9-3-4-13(17)15-12-7-5-11(10-14)6-8-12/h5-8H,3-4,9H2,1-2H3,(H,15,17). The molecule has 0 fully saturated rings. The lowest BCUT2D eigenvalue weighted by Gasteiger charge is -2.09. The van der Waals surface area contributed by atoms with Gasteiger partial charge >= 0.3 is 0 Å². The van der Waals surface area contributed by atoms with Crippen molar-refractivity contribution in [3.8, 4) is 6.07 Å². The highest BCUT2D eigenvalue weighted by molar-refractivity contribution is 5.90. The summed E-state index contributed by atoms with van der Waals surface area (Å²) in [4.78, 5) is 13.6. The normalized spacial score (nSPS) is 10.0. The Hall–Kier alpha value is -1.86. The zero-order chi connectivity index (χ0) is 12.7. The van der Waals surface area contributed by atoms with Crippen LogP contribution in [0.1, 0.15) is 18.4 Å². The van der Waals surface area contributed by atoms with Crippen LogP contribution in [0.15, 0.2) is 24.3 Å². The van der Waals surface area contributed by atoms with Crippen molar-refractivity contribution in [2.75, 3.05) is 26.0 Å². The van der Waals surface area contributed by atoms with Gasteiger partial charge in [0, 0.05) is 12.1 Å². The molecule has 1 aromatic rings. The zero-order valence-corrected chi connectivity index (χ0v) is 10.2. The van der Waals surface area contributed by atoms with Crippen molar-refractivity contribution in [3.05, 3.63) is 29.8 Å². The first kappa shape index (κ1) is 13.2. The van der Waals surface area contributed by atoms with Gasteiger partial charge in [-0.2, -0.15) is 5.26 Å². The Bertz CT molecular complexity index is 404. The van der Waals surface area contributed by atoms with Gasteiger partial charge in [-0.05, 0) is 51.3 Å². The second-order valence-corrected chi connectivity index (χ2v) is 4.14. The van der Waals surface area contributed by atoms with Crippen molar-refractivity contribution >= 4 is 11.6 Å². The predicted octanol–water partition coefficient (Wildman–Crippen LogP) is 1.84. The summed E-state index contributed by atoms with van der Waals surface area (Å²) in [5.74, 6) is 0.0107. The Kier molecular flexibility index (Phi) is 5.18. The van der Waals surface area contributed by atoms with Crippen LogP contribution in [0.2, 0.25) is 0 Å². The summed E-state index contributed by atoms with van der Waals surface area (Å²) in [5.41, 5.74) is 1.33. The van der Waals surface area contributed by atoms with Crippen LogP contribution >= 0.6 is 0 Å². The smallest absolute Gasteiger partial charge is 0.224 e. The van der Waals surface area contributed by atoms with E-state index in [-0.39, 0.29) is 5.91 Å². The molecule has 1 N–H and O–H groups in total. The number of benzene rings is 1. The van der Waals surface area contributed by atoms with Crippen molar-refractivity contribution < 1.29 is 4.79 Å². The molecule has 0 aliphatic heterocycles. The Balaban J connectivity index is 2.37. The van der Waals surface area contributed by atoms with Crippen molar-refractivity contribution in [3.63, 3.8) is 0 Å². The third-order valence-corrected chi connectivity index (χ3v) is 2.31. The zero-order valence-electron chi connectivity index (χ0n) is 10.2. The molecule has 90 valence electrons. The van der Waals surface area contributed by atoms with Crippen molar-refractivity contribution in [1.29, 1.82) is 5.26 Å². The third kappa shape index (κ3) is 5.14. The van der Waals surface area contributed by atoms with Gasteiger partial charge in [-0.1, -0.05) is 0 Å². The second-order valence-electron chi connectivity index (χ2n) is 4.14. The predicted molar refractivity (Wildman–Crippen MR) is 67.6 cm³/mol. The SMILES string of the molecule is CN(C)CCCC(=O)Nc1ccc(C#N)cc1. The summed E-state index contributed by atoms with van der Waals surface area (Å²) in [5, 5.41) is 11.4. The van der Waals surface area contributed by atoms with Crippen LogP contribution in [0.3, 0.4) is 0 Å². The van der Waals surface area contributed by atoms with Crippen LogP contribution in [0.25, 0.3) is 0 Å². The number of nitriles is 1. The summed E-state index contributed by atoms with van der Waals surface area (Å²) < 4.78 is 0. The topological polar surface area (TPSA) is 56.1 Å². The van der Waals surface area contributed by atoms with Gasteiger partial charge < -0.3 is 10.2 Å². The largest absolute Gasteiger partial charge is 0.326 e. The minimum atomic E-state index is 0.0107. The maximum Gasteiger partial charge on any atom is 0.224 e. The molecular formula is C13H17N3O. The lowest BCUT2D eigenvalue weighted by Crippen LogP contribution is -2.17. The number of nitrogens with one attached hydrogen (secondary N) is 1. The first-order valence-electron chi connectivity index (χ1n) is 5.56. The molecule has 0 bridgehead atoms. The van der Waals surface area contributed by atoms with E-state index < -0.39 is 0 Å². The molecule has 0 aliphatic carbocycles. The van der Waals surface area contributed by atoms with E-state index in [2.05, 4.69) is 10.2 Å². The third-order valence-electron chi connectivity index (χ3n) is 2.31. The molecule has 1 aromatic carbocycles. The van der Waals surface area contributed by atoms with Crippen LogP contribution < -0.4 is 5.32 Å². The summed E-state index contributed by atoms with van der Waals surface area (Å²) in [6.45, 7) is 0.904. The molecule has 4 heteroatoms. The molecule has 1 rings (SSSR count). The van der Waals surface area contributed by atoms with Crippen molar-refractivity contribution in [1.82, 2.24) is 4.90 Å². The highest BCUT2D eigenvalue weighted by Crippen LogP contribution is 2.09. The number of hydrogen-bond donors (Lipinski definition) is 1. The number of carbonyl (C=O) groups excluding carboxylic acids is 1. The molecule has 0 aliphatic rings. The van der Waals surface area contributed by atoms with E-state index >= 15 is 0 Å². The van der Waals surface area contributed by atoms with E-state index in [1.165, 1.54) is 0 Å². The fourth-order valence-electron chi connectivity index (χ4n) is 1.41. The first-order valence-corrected chi connectivity index (χ1v) is 5.56. The van der Waals surface area contributed by atoms with Gasteiger partial charge in [0.15, 0.2) is 0 Å². The van der Waals surface area contributed by atoms with E-state index in [0.717, 1.165) is 18.7 Å². The Morgan fingerprint density at radius 3 is 2.53 bits per heavy atom. The molecule has 0 heterocycles. The number of carbonyl (C=O) groups is 1. The van der Waals surface area contributed by atoms with Crippen LogP contribution in [0.5, 0.6) is 0 Å². The molecule has 0 aromatic heterocycles. The number of hydrogen-bond acceptors (Lipinski definition) is 3. The Labute approximate surface area is 102 Å². The van der Waals surface area contributed by atoms with Crippen molar-refractivity contribution in [2.24, 2.45) is 0 Å². The van der Waals surface area contributed by atoms with Crippen LogP contribution in [-0.2, 0) is 4.79 Å². The van der Waals surface area contributed by atoms with Gasteiger partial charge in [0.1, 0.15) is 0 Å². The monoisotopic (exact) mass is 231 g/mol. The van der Waals surface area contributed by atoms with Gasteiger partial charge in [-0.3, -0.25) is 4.79 Å². The summed E-state index contributed by atoms with van der Waals surface area (Å²) in [6, 6.07) is 8.89. The number of amides is 1. The van der Waals surface area contributed by atoms with Crippen LogP contribution in [-0.4, -0.2) is 31.4 Å². The summed E-state index contributed by atoms with van der Waals surface area (Å²) in [6.07, 6.45) is 1.35. The Morgan fingerprint density at radius 1 is 1.35 bits per heavy atom. The van der Waals surface area contributed by atoms with E-state index in [9.17, 15) is 4.79 Å². The van der Waals surface area contributed by atoms with E-state index in [1.807, 2.05) is 20.2 Å². The first-order chi connectivity index (χ1) is 8.11.